The molecule has 0 aliphatic rings. The molecule has 0 aliphatic heterocycles. The minimum Gasteiger partial charge on any atom is -0.395 e. The molecule has 1 atom stereocenters. The van der Waals surface area contributed by atoms with E-state index in [1.165, 1.54) is 12.1 Å². The Labute approximate surface area is 113 Å². The summed E-state index contributed by atoms with van der Waals surface area (Å²) in [6.45, 7) is 4.11. The zero-order valence-corrected chi connectivity index (χ0v) is 11.8. The average Bonchev–Trinajstić information content (AvgIpc) is 2.76. The lowest BCUT2D eigenvalue weighted by Gasteiger charge is -2.17. The molecular weight excluding hydrogens is 304 g/mol. The van der Waals surface area contributed by atoms with E-state index >= 15 is 0 Å². The van der Waals surface area contributed by atoms with Crippen LogP contribution in [0.15, 0.2) is 16.5 Å². The number of carbonyl (C=O) groups excluding carboxylic acids is 1. The van der Waals surface area contributed by atoms with E-state index in [-0.39, 0.29) is 11.8 Å². The molecule has 0 saturated carbocycles. The molecule has 1 N–H and O–H groups in total. The van der Waals surface area contributed by atoms with Crippen molar-refractivity contribution >= 4 is 27.7 Å². The van der Waals surface area contributed by atoms with Crippen LogP contribution in [-0.4, -0.2) is 22.2 Å². The zero-order valence-electron chi connectivity index (χ0n) is 10.2. The minimum absolute atomic E-state index is 0.0262. The summed E-state index contributed by atoms with van der Waals surface area (Å²) < 4.78 is 4.83. The number of nitro groups is 1. The van der Waals surface area contributed by atoms with Gasteiger partial charge in [0.25, 0.3) is 5.91 Å². The first-order chi connectivity index (χ1) is 8.43. The fourth-order valence-electron chi connectivity index (χ4n) is 1.53. The Kier molecular flexibility index (Phi) is 5.33. The van der Waals surface area contributed by atoms with Gasteiger partial charge in [0.05, 0.1) is 6.07 Å². The zero-order chi connectivity index (χ0) is 13.7. The molecule has 100 valence electrons. The number of carbonyl (C=O) groups is 1. The van der Waals surface area contributed by atoms with Gasteiger partial charge in [0.15, 0.2) is 5.76 Å². The van der Waals surface area contributed by atoms with E-state index in [1.807, 2.05) is 0 Å². The quantitative estimate of drug-likeness (QED) is 0.496. The highest BCUT2D eigenvalue weighted by Gasteiger charge is 2.20. The van der Waals surface area contributed by atoms with Crippen molar-refractivity contribution in [2.75, 3.05) is 5.33 Å². The van der Waals surface area contributed by atoms with Gasteiger partial charge in [0.2, 0.25) is 0 Å². The van der Waals surface area contributed by atoms with Gasteiger partial charge >= 0.3 is 5.88 Å². The number of hydrogen-bond donors (Lipinski definition) is 1. The first kappa shape index (κ1) is 14.7. The summed E-state index contributed by atoms with van der Waals surface area (Å²) in [5.74, 6) is -0.470. The second kappa shape index (κ2) is 6.53. The molecule has 18 heavy (non-hydrogen) atoms. The summed E-state index contributed by atoms with van der Waals surface area (Å²) >= 11 is 3.32. The van der Waals surface area contributed by atoms with Crippen molar-refractivity contribution in [3.05, 3.63) is 28.0 Å². The molecule has 1 unspecified atom stereocenters. The van der Waals surface area contributed by atoms with Gasteiger partial charge < -0.3 is 9.73 Å². The summed E-state index contributed by atoms with van der Waals surface area (Å²) in [6.07, 6.45) is 0.819. The number of furan rings is 1. The first-order valence-electron chi connectivity index (χ1n) is 5.55. The molecule has 1 heterocycles. The van der Waals surface area contributed by atoms with Crippen molar-refractivity contribution in [1.29, 1.82) is 0 Å². The Balaban J connectivity index is 2.65. The smallest absolute Gasteiger partial charge is 0.395 e. The molecule has 1 amide bonds. The van der Waals surface area contributed by atoms with Crippen LogP contribution in [0.5, 0.6) is 0 Å². The average molecular weight is 319 g/mol. The van der Waals surface area contributed by atoms with Crippen molar-refractivity contribution in [3.63, 3.8) is 0 Å². The number of rotatable bonds is 6. The van der Waals surface area contributed by atoms with Gasteiger partial charge in [0, 0.05) is 11.4 Å². The molecule has 1 rings (SSSR count). The maximum Gasteiger partial charge on any atom is 0.433 e. The van der Waals surface area contributed by atoms with E-state index in [4.69, 9.17) is 4.42 Å². The molecule has 0 fully saturated rings. The van der Waals surface area contributed by atoms with Gasteiger partial charge in [-0.15, -0.1) is 0 Å². The maximum absolute atomic E-state index is 11.8. The highest BCUT2D eigenvalue weighted by Crippen LogP contribution is 2.16. The molecule has 7 heteroatoms. The van der Waals surface area contributed by atoms with Crippen molar-refractivity contribution in [3.8, 4) is 0 Å². The first-order valence-corrected chi connectivity index (χ1v) is 6.67. The third kappa shape index (κ3) is 4.14. The molecule has 0 bridgehead atoms. The van der Waals surface area contributed by atoms with Gasteiger partial charge in [-0.05, 0) is 18.4 Å². The second-order valence-electron chi connectivity index (χ2n) is 4.35. The summed E-state index contributed by atoms with van der Waals surface area (Å²) in [5, 5.41) is 13.8. The fraction of sp³-hybridized carbons (Fsp3) is 0.545. The number of nitrogens with one attached hydrogen (secondary N) is 1. The number of nitrogens with zero attached hydrogens (tertiary/aromatic N) is 1. The van der Waals surface area contributed by atoms with Gasteiger partial charge in [0.1, 0.15) is 4.92 Å². The third-order valence-electron chi connectivity index (χ3n) is 2.27. The molecular formula is C11H15BrN2O4. The third-order valence-corrected chi connectivity index (χ3v) is 3.05. The van der Waals surface area contributed by atoms with Gasteiger partial charge in [-0.1, -0.05) is 29.8 Å². The van der Waals surface area contributed by atoms with E-state index in [1.54, 1.807) is 0 Å². The molecule has 6 nitrogen and oxygen atoms in total. The van der Waals surface area contributed by atoms with Crippen molar-refractivity contribution in [1.82, 2.24) is 5.32 Å². The molecule has 0 spiro atoms. The Bertz CT molecular complexity index is 430. The molecule has 1 aromatic heterocycles. The lowest BCUT2D eigenvalue weighted by molar-refractivity contribution is -0.402. The molecule has 0 aliphatic carbocycles. The van der Waals surface area contributed by atoms with E-state index in [9.17, 15) is 14.9 Å². The number of amides is 1. The molecule has 0 saturated heterocycles. The van der Waals surface area contributed by atoms with Crippen LogP contribution in [0.25, 0.3) is 0 Å². The molecule has 0 radical (unpaired) electrons. The molecule has 0 aromatic carbocycles. The lowest BCUT2D eigenvalue weighted by Crippen LogP contribution is -2.36. The Morgan fingerprint density at radius 2 is 2.22 bits per heavy atom. The number of halogens is 1. The van der Waals surface area contributed by atoms with Crippen LogP contribution < -0.4 is 5.32 Å². The van der Waals surface area contributed by atoms with E-state index in [0.717, 1.165) is 6.42 Å². The fourth-order valence-corrected chi connectivity index (χ4v) is 1.96. The van der Waals surface area contributed by atoms with Crippen molar-refractivity contribution in [2.45, 2.75) is 26.3 Å². The SMILES string of the molecule is CC(C)CC(CBr)NC(=O)c1ccc([N+](=O)[O-])o1. The Morgan fingerprint density at radius 1 is 1.56 bits per heavy atom. The van der Waals surface area contributed by atoms with Crippen molar-refractivity contribution in [2.24, 2.45) is 5.92 Å². The monoisotopic (exact) mass is 318 g/mol. The largest absolute Gasteiger partial charge is 0.433 e. The van der Waals surface area contributed by atoms with E-state index in [2.05, 4.69) is 35.1 Å². The highest BCUT2D eigenvalue weighted by molar-refractivity contribution is 9.09. The topological polar surface area (TPSA) is 85.4 Å². The standard InChI is InChI=1S/C11H15BrN2O4/c1-7(2)5-8(6-12)13-11(15)9-3-4-10(18-9)14(16)17/h3-4,7-8H,5-6H2,1-2H3,(H,13,15). The number of alkyl halides is 1. The predicted octanol–water partition coefficient (Wildman–Crippen LogP) is 2.73. The summed E-state index contributed by atoms with van der Waals surface area (Å²) in [7, 11) is 0. The number of hydrogen-bond acceptors (Lipinski definition) is 4. The summed E-state index contributed by atoms with van der Waals surface area (Å²) in [6, 6.07) is 2.44. The maximum atomic E-state index is 11.8. The minimum atomic E-state index is -0.674. The van der Waals surface area contributed by atoms with Crippen LogP contribution >= 0.6 is 15.9 Å². The van der Waals surface area contributed by atoms with Crippen LogP contribution in [0.2, 0.25) is 0 Å². The van der Waals surface area contributed by atoms with Crippen LogP contribution in [0.1, 0.15) is 30.8 Å². The van der Waals surface area contributed by atoms with Gasteiger partial charge in [-0.2, -0.15) is 0 Å². The van der Waals surface area contributed by atoms with Crippen LogP contribution in [0, 0.1) is 16.0 Å². The van der Waals surface area contributed by atoms with Crippen LogP contribution in [-0.2, 0) is 0 Å². The lowest BCUT2D eigenvalue weighted by atomic mass is 10.1. The second-order valence-corrected chi connectivity index (χ2v) is 5.00. The highest BCUT2D eigenvalue weighted by atomic mass is 79.9. The summed E-state index contributed by atoms with van der Waals surface area (Å²) in [5.41, 5.74) is 0. The van der Waals surface area contributed by atoms with Crippen LogP contribution in [0.4, 0.5) is 5.88 Å². The Morgan fingerprint density at radius 3 is 2.67 bits per heavy atom. The van der Waals surface area contributed by atoms with Gasteiger partial charge in [-0.25, -0.2) is 0 Å². The predicted molar refractivity (Wildman–Crippen MR) is 69.9 cm³/mol. The van der Waals surface area contributed by atoms with Gasteiger partial charge in [-0.3, -0.25) is 14.9 Å². The van der Waals surface area contributed by atoms with E-state index < -0.39 is 16.7 Å². The normalized spacial score (nSPS) is 12.4. The van der Waals surface area contributed by atoms with Crippen molar-refractivity contribution < 1.29 is 14.1 Å². The van der Waals surface area contributed by atoms with E-state index in [0.29, 0.717) is 11.2 Å². The van der Waals surface area contributed by atoms with Crippen LogP contribution in [0.3, 0.4) is 0 Å². The molecule has 1 aromatic rings. The summed E-state index contributed by atoms with van der Waals surface area (Å²) in [4.78, 5) is 21.5. The Hall–Kier alpha value is -1.37.